The van der Waals surface area contributed by atoms with Gasteiger partial charge >= 0.3 is 0 Å². The molecule has 120 valence electrons. The van der Waals surface area contributed by atoms with Crippen molar-refractivity contribution in [1.29, 1.82) is 0 Å². The van der Waals surface area contributed by atoms with Gasteiger partial charge in [0.1, 0.15) is 0 Å². The molecule has 0 saturated heterocycles. The molecule has 0 aliphatic rings. The Balaban J connectivity index is 2.00. The van der Waals surface area contributed by atoms with Crippen molar-refractivity contribution in [2.45, 2.75) is 26.4 Å². The summed E-state index contributed by atoms with van der Waals surface area (Å²) in [6, 6.07) is 4.07. The summed E-state index contributed by atoms with van der Waals surface area (Å²) in [5.41, 5.74) is 2.30. The highest BCUT2D eigenvalue weighted by molar-refractivity contribution is 9.10. The number of nitrogens with one attached hydrogen (secondary N) is 1. The van der Waals surface area contributed by atoms with Gasteiger partial charge in [-0.2, -0.15) is 5.10 Å². The summed E-state index contributed by atoms with van der Waals surface area (Å²) in [7, 11) is 3.58. The summed E-state index contributed by atoms with van der Waals surface area (Å²) in [4.78, 5) is 0. The highest BCUT2D eigenvalue weighted by atomic mass is 79.9. The van der Waals surface area contributed by atoms with Crippen LogP contribution in [0.25, 0.3) is 0 Å². The Morgan fingerprint density at radius 3 is 2.68 bits per heavy atom. The predicted octanol–water partition coefficient (Wildman–Crippen LogP) is 3.27. The number of hydrogen-bond acceptors (Lipinski definition) is 4. The van der Waals surface area contributed by atoms with E-state index in [2.05, 4.69) is 39.3 Å². The third kappa shape index (κ3) is 4.48. The van der Waals surface area contributed by atoms with E-state index < -0.39 is 0 Å². The van der Waals surface area contributed by atoms with Crippen LogP contribution in [0, 0.1) is 0 Å². The zero-order valence-corrected chi connectivity index (χ0v) is 14.8. The Labute approximate surface area is 139 Å². The Bertz CT molecular complexity index is 613. The van der Waals surface area contributed by atoms with Crippen LogP contribution in [0.3, 0.4) is 0 Å². The van der Waals surface area contributed by atoms with E-state index in [4.69, 9.17) is 9.47 Å². The number of ether oxygens (including phenoxy) is 2. The van der Waals surface area contributed by atoms with Gasteiger partial charge in [-0.15, -0.1) is 0 Å². The SMILES string of the molecule is CCCOc1c(Br)cc(CNCc2cnn(C)c2)cc1OC. The first kappa shape index (κ1) is 16.8. The first-order valence-electron chi connectivity index (χ1n) is 7.31. The molecule has 2 aromatic rings. The maximum Gasteiger partial charge on any atom is 0.175 e. The first-order chi connectivity index (χ1) is 10.6. The van der Waals surface area contributed by atoms with Gasteiger partial charge < -0.3 is 14.8 Å². The molecule has 0 aliphatic heterocycles. The molecule has 1 heterocycles. The molecule has 0 amide bonds. The summed E-state index contributed by atoms with van der Waals surface area (Å²) < 4.78 is 13.9. The summed E-state index contributed by atoms with van der Waals surface area (Å²) in [5.74, 6) is 1.52. The molecule has 0 unspecified atom stereocenters. The third-order valence-electron chi connectivity index (χ3n) is 3.16. The van der Waals surface area contributed by atoms with Gasteiger partial charge in [0.15, 0.2) is 11.5 Å². The second-order valence-corrected chi connectivity index (χ2v) is 5.94. The van der Waals surface area contributed by atoms with Crippen LogP contribution in [-0.4, -0.2) is 23.5 Å². The van der Waals surface area contributed by atoms with Gasteiger partial charge in [0.25, 0.3) is 0 Å². The Kier molecular flexibility index (Phi) is 6.27. The van der Waals surface area contributed by atoms with Crippen LogP contribution in [0.4, 0.5) is 0 Å². The van der Waals surface area contributed by atoms with Crippen molar-refractivity contribution >= 4 is 15.9 Å². The number of benzene rings is 1. The van der Waals surface area contributed by atoms with Crippen LogP contribution in [-0.2, 0) is 20.1 Å². The van der Waals surface area contributed by atoms with Crippen LogP contribution in [0.5, 0.6) is 11.5 Å². The fourth-order valence-electron chi connectivity index (χ4n) is 2.13. The molecule has 22 heavy (non-hydrogen) atoms. The number of methoxy groups -OCH3 is 1. The number of aryl methyl sites for hydroxylation is 1. The van der Waals surface area contributed by atoms with Crippen molar-refractivity contribution in [1.82, 2.24) is 15.1 Å². The third-order valence-corrected chi connectivity index (χ3v) is 3.75. The smallest absolute Gasteiger partial charge is 0.175 e. The van der Waals surface area contributed by atoms with Crippen LogP contribution < -0.4 is 14.8 Å². The summed E-state index contributed by atoms with van der Waals surface area (Å²) in [6.45, 7) is 4.28. The van der Waals surface area contributed by atoms with E-state index in [1.165, 1.54) is 0 Å². The minimum Gasteiger partial charge on any atom is -0.493 e. The average molecular weight is 368 g/mol. The van der Waals surface area contributed by atoms with Gasteiger partial charge in [0.2, 0.25) is 0 Å². The van der Waals surface area contributed by atoms with Gasteiger partial charge in [-0.25, -0.2) is 0 Å². The maximum absolute atomic E-state index is 5.74. The molecular formula is C16H22BrN3O2. The van der Waals surface area contributed by atoms with Gasteiger partial charge in [-0.1, -0.05) is 6.92 Å². The van der Waals surface area contributed by atoms with E-state index in [-0.39, 0.29) is 0 Å². The number of halogens is 1. The van der Waals surface area contributed by atoms with Crippen molar-refractivity contribution in [3.05, 3.63) is 40.1 Å². The highest BCUT2D eigenvalue weighted by Gasteiger charge is 2.11. The Hall–Kier alpha value is -1.53. The van der Waals surface area contributed by atoms with Gasteiger partial charge in [-0.05, 0) is 40.0 Å². The quantitative estimate of drug-likeness (QED) is 0.777. The number of rotatable bonds is 8. The normalized spacial score (nSPS) is 10.7. The van der Waals surface area contributed by atoms with Crippen LogP contribution in [0.2, 0.25) is 0 Å². The van der Waals surface area contributed by atoms with Crippen molar-refractivity contribution in [3.63, 3.8) is 0 Å². The molecule has 1 aromatic heterocycles. The minimum absolute atomic E-state index is 0.674. The minimum atomic E-state index is 0.674. The van der Waals surface area contributed by atoms with Crippen LogP contribution in [0.15, 0.2) is 29.0 Å². The zero-order chi connectivity index (χ0) is 15.9. The van der Waals surface area contributed by atoms with E-state index >= 15 is 0 Å². The lowest BCUT2D eigenvalue weighted by atomic mass is 10.2. The second-order valence-electron chi connectivity index (χ2n) is 5.08. The van der Waals surface area contributed by atoms with Crippen molar-refractivity contribution in [2.75, 3.05) is 13.7 Å². The summed E-state index contributed by atoms with van der Waals surface area (Å²) >= 11 is 3.56. The monoisotopic (exact) mass is 367 g/mol. The highest BCUT2D eigenvalue weighted by Crippen LogP contribution is 2.36. The van der Waals surface area contributed by atoms with Crippen LogP contribution >= 0.6 is 15.9 Å². The second kappa shape index (κ2) is 8.19. The molecule has 0 saturated carbocycles. The fraction of sp³-hybridized carbons (Fsp3) is 0.438. The van der Waals surface area contributed by atoms with E-state index in [9.17, 15) is 0 Å². The van der Waals surface area contributed by atoms with E-state index in [1.807, 2.05) is 25.5 Å². The number of aromatic nitrogens is 2. The van der Waals surface area contributed by atoms with Gasteiger partial charge in [0, 0.05) is 31.9 Å². The molecule has 0 fully saturated rings. The molecule has 6 heteroatoms. The Morgan fingerprint density at radius 2 is 2.05 bits per heavy atom. The molecule has 2 rings (SSSR count). The molecule has 0 aliphatic carbocycles. The fourth-order valence-corrected chi connectivity index (χ4v) is 2.74. The molecule has 0 radical (unpaired) electrons. The first-order valence-corrected chi connectivity index (χ1v) is 8.10. The van der Waals surface area contributed by atoms with Crippen molar-refractivity contribution in [2.24, 2.45) is 7.05 Å². The largest absolute Gasteiger partial charge is 0.493 e. The van der Waals surface area contributed by atoms with E-state index in [0.717, 1.165) is 46.6 Å². The Morgan fingerprint density at radius 1 is 1.27 bits per heavy atom. The van der Waals surface area contributed by atoms with Crippen LogP contribution in [0.1, 0.15) is 24.5 Å². The molecule has 1 N–H and O–H groups in total. The molecule has 0 spiro atoms. The summed E-state index contributed by atoms with van der Waals surface area (Å²) in [5, 5.41) is 7.56. The standard InChI is InChI=1S/C16H22BrN3O2/c1-4-5-22-16-14(17)6-12(7-15(16)21-3)8-18-9-13-10-19-20(2)11-13/h6-7,10-11,18H,4-5,8-9H2,1-3H3. The molecule has 5 nitrogen and oxygen atoms in total. The lowest BCUT2D eigenvalue weighted by Crippen LogP contribution is -2.12. The zero-order valence-electron chi connectivity index (χ0n) is 13.2. The van der Waals surface area contributed by atoms with Crippen molar-refractivity contribution < 1.29 is 9.47 Å². The topological polar surface area (TPSA) is 48.3 Å². The lowest BCUT2D eigenvalue weighted by molar-refractivity contribution is 0.292. The predicted molar refractivity (Wildman–Crippen MR) is 90.2 cm³/mol. The maximum atomic E-state index is 5.74. The number of nitrogens with zero attached hydrogens (tertiary/aromatic N) is 2. The molecule has 0 bridgehead atoms. The van der Waals surface area contributed by atoms with E-state index in [1.54, 1.807) is 11.8 Å². The van der Waals surface area contributed by atoms with Crippen molar-refractivity contribution in [3.8, 4) is 11.5 Å². The lowest BCUT2D eigenvalue weighted by Gasteiger charge is -2.14. The van der Waals surface area contributed by atoms with Gasteiger partial charge in [0.05, 0.1) is 24.4 Å². The molecule has 0 atom stereocenters. The van der Waals surface area contributed by atoms with E-state index in [0.29, 0.717) is 6.61 Å². The summed E-state index contributed by atoms with van der Waals surface area (Å²) in [6.07, 6.45) is 4.83. The molecular weight excluding hydrogens is 346 g/mol. The number of hydrogen-bond donors (Lipinski definition) is 1. The average Bonchev–Trinajstić information content (AvgIpc) is 2.91. The molecule has 1 aromatic carbocycles. The van der Waals surface area contributed by atoms with Gasteiger partial charge in [-0.3, -0.25) is 4.68 Å².